The molecule has 2 N–H and O–H groups in total. The second kappa shape index (κ2) is 7.34. The minimum atomic E-state index is -0.469. The van der Waals surface area contributed by atoms with E-state index in [1.54, 1.807) is 13.1 Å². The van der Waals surface area contributed by atoms with Crippen molar-refractivity contribution in [3.8, 4) is 11.5 Å². The van der Waals surface area contributed by atoms with Crippen LogP contribution in [0, 0.1) is 5.82 Å². The van der Waals surface area contributed by atoms with Crippen molar-refractivity contribution in [2.75, 3.05) is 44.0 Å². The largest absolute Gasteiger partial charge is 0.486 e. The van der Waals surface area contributed by atoms with Gasteiger partial charge in [-0.2, -0.15) is 9.61 Å². The summed E-state index contributed by atoms with van der Waals surface area (Å²) >= 11 is 0. The number of rotatable bonds is 4. The first kappa shape index (κ1) is 18.4. The Balaban J connectivity index is 1.56. The molecule has 2 aliphatic heterocycles. The summed E-state index contributed by atoms with van der Waals surface area (Å²) in [6, 6.07) is 4.28. The van der Waals surface area contributed by atoms with Gasteiger partial charge in [-0.1, -0.05) is 0 Å². The first-order valence-electron chi connectivity index (χ1n) is 9.51. The van der Waals surface area contributed by atoms with Crippen molar-refractivity contribution in [1.82, 2.24) is 19.7 Å². The summed E-state index contributed by atoms with van der Waals surface area (Å²) in [5, 5.41) is 11.7. The van der Waals surface area contributed by atoms with Gasteiger partial charge in [-0.05, 0) is 6.42 Å². The van der Waals surface area contributed by atoms with Crippen LogP contribution in [0.5, 0.6) is 11.5 Å². The third-order valence-electron chi connectivity index (χ3n) is 4.81. The van der Waals surface area contributed by atoms with Gasteiger partial charge < -0.3 is 20.1 Å². The van der Waals surface area contributed by atoms with Crippen LogP contribution in [0.25, 0.3) is 5.65 Å². The fourth-order valence-electron chi connectivity index (χ4n) is 3.45. The Hall–Kier alpha value is -3.60. The maximum atomic E-state index is 14.1. The summed E-state index contributed by atoms with van der Waals surface area (Å²) in [4.78, 5) is 22.7. The quantitative estimate of drug-likeness (QED) is 0.670. The first-order chi connectivity index (χ1) is 14.6. The number of hydroxylamine groups is 2. The van der Waals surface area contributed by atoms with Crippen molar-refractivity contribution in [3.05, 3.63) is 35.8 Å². The van der Waals surface area contributed by atoms with Gasteiger partial charge in [0.15, 0.2) is 17.1 Å². The van der Waals surface area contributed by atoms with E-state index in [0.29, 0.717) is 66.4 Å². The van der Waals surface area contributed by atoms with E-state index in [1.807, 2.05) is 0 Å². The Morgan fingerprint density at radius 2 is 2.07 bits per heavy atom. The van der Waals surface area contributed by atoms with Crippen LogP contribution in [0.4, 0.5) is 21.7 Å². The molecule has 0 radical (unpaired) electrons. The molecule has 1 fully saturated rings. The molecule has 1 amide bonds. The topological polar surface area (TPSA) is 102 Å². The third kappa shape index (κ3) is 3.12. The zero-order chi connectivity index (χ0) is 20.7. The van der Waals surface area contributed by atoms with Crippen molar-refractivity contribution in [2.24, 2.45) is 0 Å². The lowest BCUT2D eigenvalue weighted by Gasteiger charge is -2.21. The van der Waals surface area contributed by atoms with Gasteiger partial charge in [0, 0.05) is 25.2 Å². The molecule has 2 aromatic heterocycles. The minimum Gasteiger partial charge on any atom is -0.486 e. The molecular formula is C19H19FN6O4. The zero-order valence-electron chi connectivity index (χ0n) is 16.1. The third-order valence-corrected chi connectivity index (χ3v) is 4.81. The summed E-state index contributed by atoms with van der Waals surface area (Å²) < 4.78 is 26.7. The monoisotopic (exact) mass is 414 g/mol. The molecule has 156 valence electrons. The van der Waals surface area contributed by atoms with Crippen LogP contribution in [0.2, 0.25) is 0 Å². The van der Waals surface area contributed by atoms with Gasteiger partial charge in [0.25, 0.3) is 5.91 Å². The van der Waals surface area contributed by atoms with Crippen LogP contribution in [0.1, 0.15) is 16.8 Å². The van der Waals surface area contributed by atoms with Gasteiger partial charge >= 0.3 is 0 Å². The van der Waals surface area contributed by atoms with Crippen molar-refractivity contribution >= 4 is 28.9 Å². The lowest BCUT2D eigenvalue weighted by Crippen LogP contribution is -2.26. The number of hydrogen-bond acceptors (Lipinski definition) is 8. The lowest BCUT2D eigenvalue weighted by molar-refractivity contribution is -0.0767. The number of nitrogens with zero attached hydrogens (tertiary/aromatic N) is 4. The fraction of sp³-hybridized carbons (Fsp3) is 0.316. The molecule has 0 aliphatic carbocycles. The van der Waals surface area contributed by atoms with E-state index in [0.717, 1.165) is 6.42 Å². The maximum Gasteiger partial charge on any atom is 0.282 e. The highest BCUT2D eigenvalue weighted by Crippen LogP contribution is 2.40. The van der Waals surface area contributed by atoms with E-state index in [9.17, 15) is 9.18 Å². The van der Waals surface area contributed by atoms with Crippen molar-refractivity contribution in [2.45, 2.75) is 6.42 Å². The van der Waals surface area contributed by atoms with E-state index in [-0.39, 0.29) is 5.91 Å². The fourth-order valence-corrected chi connectivity index (χ4v) is 3.45. The summed E-state index contributed by atoms with van der Waals surface area (Å²) in [7, 11) is 1.73. The molecule has 3 aromatic rings. The number of anilines is 3. The van der Waals surface area contributed by atoms with E-state index in [4.69, 9.17) is 14.3 Å². The SMILES string of the molecule is CNc1cc(Nc2cc(F)cc3c2OCCO3)nc2c(C(=O)N3CCCO3)cnn12. The molecule has 0 saturated carbocycles. The highest BCUT2D eigenvalue weighted by molar-refractivity contribution is 5.99. The van der Waals surface area contributed by atoms with E-state index in [1.165, 1.54) is 27.9 Å². The molecular weight excluding hydrogens is 395 g/mol. The predicted octanol–water partition coefficient (Wildman–Crippen LogP) is 2.20. The Kier molecular flexibility index (Phi) is 4.51. The molecule has 5 rings (SSSR count). The van der Waals surface area contributed by atoms with E-state index in [2.05, 4.69) is 20.7 Å². The molecule has 30 heavy (non-hydrogen) atoms. The Bertz CT molecular complexity index is 1130. The van der Waals surface area contributed by atoms with Crippen LogP contribution in [0.3, 0.4) is 0 Å². The van der Waals surface area contributed by atoms with Gasteiger partial charge in [-0.15, -0.1) is 0 Å². The van der Waals surface area contributed by atoms with Crippen LogP contribution in [0.15, 0.2) is 24.4 Å². The number of amides is 1. The van der Waals surface area contributed by atoms with E-state index < -0.39 is 5.82 Å². The summed E-state index contributed by atoms with van der Waals surface area (Å²) in [6.45, 7) is 1.72. The standard InChI is InChI=1S/C19H19FN6O4/c1-21-16-9-15(23-13-7-11(20)8-14-17(13)29-6-5-28-14)24-18-12(10-22-26(16)18)19(27)25-3-2-4-30-25/h7-10,21H,2-6H2,1H3,(H,23,24). The highest BCUT2D eigenvalue weighted by Gasteiger charge is 2.26. The van der Waals surface area contributed by atoms with E-state index >= 15 is 0 Å². The Morgan fingerprint density at radius 1 is 1.20 bits per heavy atom. The zero-order valence-corrected chi connectivity index (χ0v) is 16.1. The van der Waals surface area contributed by atoms with Gasteiger partial charge in [0.2, 0.25) is 0 Å². The molecule has 1 aromatic carbocycles. The van der Waals surface area contributed by atoms with Gasteiger partial charge in [0.1, 0.15) is 36.2 Å². The lowest BCUT2D eigenvalue weighted by atomic mass is 10.2. The number of ether oxygens (including phenoxy) is 2. The number of carbonyl (C=O) groups excluding carboxylic acids is 1. The number of hydrogen-bond donors (Lipinski definition) is 2. The number of nitrogens with one attached hydrogen (secondary N) is 2. The van der Waals surface area contributed by atoms with Crippen molar-refractivity contribution < 1.29 is 23.5 Å². The van der Waals surface area contributed by atoms with Gasteiger partial charge in [0.05, 0.1) is 25.0 Å². The number of halogens is 1. The van der Waals surface area contributed by atoms with Crippen molar-refractivity contribution in [1.29, 1.82) is 0 Å². The second-order valence-electron chi connectivity index (χ2n) is 6.77. The van der Waals surface area contributed by atoms with Crippen LogP contribution in [-0.4, -0.2) is 59.0 Å². The minimum absolute atomic E-state index is 0.304. The molecule has 0 bridgehead atoms. The predicted molar refractivity (Wildman–Crippen MR) is 105 cm³/mol. The Labute approximate surface area is 170 Å². The van der Waals surface area contributed by atoms with Gasteiger partial charge in [-0.3, -0.25) is 9.63 Å². The summed E-state index contributed by atoms with van der Waals surface area (Å²) in [5.74, 6) is 0.921. The average molecular weight is 414 g/mol. The average Bonchev–Trinajstić information content (AvgIpc) is 3.43. The number of carbonyl (C=O) groups is 1. The smallest absolute Gasteiger partial charge is 0.282 e. The number of benzene rings is 1. The molecule has 0 unspecified atom stereocenters. The molecule has 11 heteroatoms. The molecule has 10 nitrogen and oxygen atoms in total. The van der Waals surface area contributed by atoms with Crippen molar-refractivity contribution in [3.63, 3.8) is 0 Å². The van der Waals surface area contributed by atoms with Crippen LogP contribution >= 0.6 is 0 Å². The summed E-state index contributed by atoms with van der Waals surface area (Å²) in [6.07, 6.45) is 2.23. The maximum absolute atomic E-state index is 14.1. The van der Waals surface area contributed by atoms with Crippen LogP contribution < -0.4 is 20.1 Å². The highest BCUT2D eigenvalue weighted by atomic mass is 19.1. The van der Waals surface area contributed by atoms with Crippen LogP contribution in [-0.2, 0) is 4.84 Å². The summed E-state index contributed by atoms with van der Waals surface area (Å²) in [5.41, 5.74) is 1.02. The van der Waals surface area contributed by atoms with Gasteiger partial charge in [-0.25, -0.2) is 14.4 Å². The Morgan fingerprint density at radius 3 is 2.87 bits per heavy atom. The number of aromatic nitrogens is 3. The molecule has 0 spiro atoms. The molecule has 2 aliphatic rings. The number of fused-ring (bicyclic) bond motifs is 2. The molecule has 4 heterocycles. The second-order valence-corrected chi connectivity index (χ2v) is 6.77. The first-order valence-corrected chi connectivity index (χ1v) is 9.51. The normalized spacial score (nSPS) is 15.5. The molecule has 1 saturated heterocycles. The molecule has 0 atom stereocenters.